The molecule has 2 amide bonds. The fourth-order valence-corrected chi connectivity index (χ4v) is 4.03. The normalized spacial score (nSPS) is 17.1. The fraction of sp³-hybridized carbons (Fsp3) is 0.273. The second-order valence-corrected chi connectivity index (χ2v) is 7.31. The van der Waals surface area contributed by atoms with Crippen molar-refractivity contribution in [2.75, 3.05) is 20.2 Å². The lowest BCUT2D eigenvalue weighted by molar-refractivity contribution is -0.138. The number of nitrogens with zero attached hydrogens (tertiary/aromatic N) is 2. The van der Waals surface area contributed by atoms with Crippen molar-refractivity contribution in [3.63, 3.8) is 0 Å². The number of methoxy groups -OCH3 is 1. The van der Waals surface area contributed by atoms with Gasteiger partial charge in [0.2, 0.25) is 0 Å². The summed E-state index contributed by atoms with van der Waals surface area (Å²) in [7, 11) is 1.57. The van der Waals surface area contributed by atoms with Gasteiger partial charge in [-0.15, -0.1) is 0 Å². The van der Waals surface area contributed by atoms with Crippen LogP contribution in [-0.2, 0) is 16.1 Å². The van der Waals surface area contributed by atoms with Crippen LogP contribution in [0.5, 0.6) is 5.75 Å². The molecule has 4 rings (SSSR count). The second-order valence-electron chi connectivity index (χ2n) is 6.91. The van der Waals surface area contributed by atoms with Gasteiger partial charge in [-0.2, -0.15) is 0 Å². The average molecular weight is 397 g/mol. The van der Waals surface area contributed by atoms with Crippen molar-refractivity contribution >= 4 is 29.0 Å². The Morgan fingerprint density at radius 3 is 2.36 bits per heavy atom. The molecular formula is C22H21ClN2O3. The molecule has 2 aliphatic rings. The van der Waals surface area contributed by atoms with Gasteiger partial charge in [0, 0.05) is 23.7 Å². The zero-order chi connectivity index (χ0) is 19.7. The molecule has 2 aliphatic heterocycles. The van der Waals surface area contributed by atoms with Crippen LogP contribution >= 0.6 is 11.6 Å². The van der Waals surface area contributed by atoms with E-state index in [-0.39, 0.29) is 18.4 Å². The Hall–Kier alpha value is -2.79. The van der Waals surface area contributed by atoms with Gasteiger partial charge in [-0.05, 0) is 30.5 Å². The highest BCUT2D eigenvalue weighted by Crippen LogP contribution is 2.38. The number of rotatable bonds is 5. The van der Waals surface area contributed by atoms with Gasteiger partial charge >= 0.3 is 0 Å². The van der Waals surface area contributed by atoms with Crippen molar-refractivity contribution in [2.24, 2.45) is 0 Å². The topological polar surface area (TPSA) is 49.9 Å². The molecule has 28 heavy (non-hydrogen) atoms. The van der Waals surface area contributed by atoms with Gasteiger partial charge in [0.25, 0.3) is 11.8 Å². The summed E-state index contributed by atoms with van der Waals surface area (Å²) in [5.74, 6) is -0.000939. The van der Waals surface area contributed by atoms with Crippen LogP contribution in [0.3, 0.4) is 0 Å². The van der Waals surface area contributed by atoms with E-state index < -0.39 is 0 Å². The molecule has 5 nitrogen and oxygen atoms in total. The van der Waals surface area contributed by atoms with E-state index in [9.17, 15) is 9.59 Å². The number of imide groups is 1. The molecule has 0 bridgehead atoms. The number of carbonyl (C=O) groups is 2. The maximum Gasteiger partial charge on any atom is 0.278 e. The van der Waals surface area contributed by atoms with E-state index in [2.05, 4.69) is 0 Å². The van der Waals surface area contributed by atoms with Gasteiger partial charge in [0.05, 0.1) is 19.2 Å². The van der Waals surface area contributed by atoms with Crippen molar-refractivity contribution in [3.8, 4) is 5.75 Å². The predicted octanol–water partition coefficient (Wildman–Crippen LogP) is 3.72. The van der Waals surface area contributed by atoms with E-state index in [0.29, 0.717) is 27.6 Å². The van der Waals surface area contributed by atoms with Gasteiger partial charge in [0.15, 0.2) is 0 Å². The summed E-state index contributed by atoms with van der Waals surface area (Å²) < 4.78 is 5.47. The van der Waals surface area contributed by atoms with Crippen LogP contribution in [0.15, 0.2) is 54.2 Å². The van der Waals surface area contributed by atoms with Gasteiger partial charge in [-0.3, -0.25) is 14.5 Å². The van der Waals surface area contributed by atoms with Crippen LogP contribution in [0.2, 0.25) is 5.02 Å². The van der Waals surface area contributed by atoms with Gasteiger partial charge in [0.1, 0.15) is 11.4 Å². The van der Waals surface area contributed by atoms with E-state index in [1.807, 2.05) is 41.3 Å². The SMILES string of the molecule is COc1ccccc1C1=C(N2CCCC2)C(=O)N(Cc2ccccc2Cl)C1=O. The third kappa shape index (κ3) is 3.16. The van der Waals surface area contributed by atoms with Crippen LogP contribution < -0.4 is 4.74 Å². The lowest BCUT2D eigenvalue weighted by atomic mass is 10.0. The summed E-state index contributed by atoms with van der Waals surface area (Å²) in [5.41, 5.74) is 2.27. The molecule has 6 heteroatoms. The summed E-state index contributed by atoms with van der Waals surface area (Å²) in [6.45, 7) is 1.69. The number of ether oxygens (including phenoxy) is 1. The predicted molar refractivity (Wildman–Crippen MR) is 108 cm³/mol. The molecule has 0 saturated carbocycles. The van der Waals surface area contributed by atoms with Crippen LogP contribution in [0, 0.1) is 0 Å². The molecule has 0 unspecified atom stereocenters. The highest BCUT2D eigenvalue weighted by molar-refractivity contribution is 6.36. The molecule has 144 valence electrons. The molecule has 1 saturated heterocycles. The summed E-state index contributed by atoms with van der Waals surface area (Å²) in [5, 5.41) is 0.538. The van der Waals surface area contributed by atoms with E-state index in [1.54, 1.807) is 19.2 Å². The van der Waals surface area contributed by atoms with Crippen LogP contribution in [0.4, 0.5) is 0 Å². The third-order valence-electron chi connectivity index (χ3n) is 5.23. The molecule has 0 aromatic heterocycles. The first-order chi connectivity index (χ1) is 13.6. The summed E-state index contributed by atoms with van der Waals surface area (Å²) >= 11 is 6.27. The Labute approximate surface area is 169 Å². The number of likely N-dealkylation sites (tertiary alicyclic amines) is 1. The molecule has 0 spiro atoms. The number of hydrogen-bond acceptors (Lipinski definition) is 4. The first-order valence-electron chi connectivity index (χ1n) is 9.34. The quantitative estimate of drug-likeness (QED) is 0.723. The first-order valence-corrected chi connectivity index (χ1v) is 9.72. The minimum atomic E-state index is -0.309. The largest absolute Gasteiger partial charge is 0.496 e. The van der Waals surface area contributed by atoms with Crippen molar-refractivity contribution in [1.29, 1.82) is 0 Å². The molecule has 0 atom stereocenters. The van der Waals surface area contributed by atoms with E-state index >= 15 is 0 Å². The minimum Gasteiger partial charge on any atom is -0.496 e. The second kappa shape index (κ2) is 7.68. The zero-order valence-electron chi connectivity index (χ0n) is 15.7. The van der Waals surface area contributed by atoms with E-state index in [4.69, 9.17) is 16.3 Å². The molecule has 2 aromatic rings. The van der Waals surface area contributed by atoms with Crippen molar-refractivity contribution in [3.05, 3.63) is 70.4 Å². The molecule has 2 heterocycles. The summed E-state index contributed by atoms with van der Waals surface area (Å²) in [6.07, 6.45) is 2.02. The lowest BCUT2D eigenvalue weighted by Crippen LogP contribution is -2.34. The number of carbonyl (C=O) groups excluding carboxylic acids is 2. The highest BCUT2D eigenvalue weighted by Gasteiger charge is 2.43. The molecular weight excluding hydrogens is 376 g/mol. The maximum absolute atomic E-state index is 13.4. The monoisotopic (exact) mass is 396 g/mol. The van der Waals surface area contributed by atoms with Crippen molar-refractivity contribution in [2.45, 2.75) is 19.4 Å². The summed E-state index contributed by atoms with van der Waals surface area (Å²) in [6, 6.07) is 14.6. The Bertz CT molecular complexity index is 964. The lowest BCUT2D eigenvalue weighted by Gasteiger charge is -2.20. The molecule has 0 N–H and O–H groups in total. The van der Waals surface area contributed by atoms with Crippen LogP contribution in [0.25, 0.3) is 5.57 Å². The van der Waals surface area contributed by atoms with Gasteiger partial charge in [-0.25, -0.2) is 0 Å². The number of halogens is 1. The van der Waals surface area contributed by atoms with E-state index in [1.165, 1.54) is 4.90 Å². The Kier molecular flexibility index (Phi) is 5.09. The Morgan fingerprint density at radius 1 is 0.964 bits per heavy atom. The van der Waals surface area contributed by atoms with Crippen LogP contribution in [0.1, 0.15) is 24.0 Å². The first kappa shape index (κ1) is 18.6. The van der Waals surface area contributed by atoms with Gasteiger partial charge < -0.3 is 9.64 Å². The standard InChI is InChI=1S/C22H21ClN2O3/c1-28-18-11-5-3-9-16(18)19-20(24-12-6-7-13-24)22(27)25(21(19)26)14-15-8-2-4-10-17(15)23/h2-5,8-11H,6-7,12-14H2,1H3. The van der Waals surface area contributed by atoms with Crippen LogP contribution in [-0.4, -0.2) is 41.8 Å². The zero-order valence-corrected chi connectivity index (χ0v) is 16.4. The Balaban J connectivity index is 1.79. The van der Waals surface area contributed by atoms with Crippen molar-refractivity contribution < 1.29 is 14.3 Å². The van der Waals surface area contributed by atoms with Gasteiger partial charge in [-0.1, -0.05) is 48.0 Å². The average Bonchev–Trinajstić information content (AvgIpc) is 3.31. The van der Waals surface area contributed by atoms with Crippen molar-refractivity contribution in [1.82, 2.24) is 9.80 Å². The molecule has 1 fully saturated rings. The molecule has 0 aliphatic carbocycles. The van der Waals surface area contributed by atoms with E-state index in [0.717, 1.165) is 31.5 Å². The maximum atomic E-state index is 13.4. The smallest absolute Gasteiger partial charge is 0.278 e. The Morgan fingerprint density at radius 2 is 1.64 bits per heavy atom. The molecule has 0 radical (unpaired) electrons. The fourth-order valence-electron chi connectivity index (χ4n) is 3.83. The minimum absolute atomic E-state index is 0.146. The molecule has 2 aromatic carbocycles. The highest BCUT2D eigenvalue weighted by atomic mass is 35.5. The number of benzene rings is 2. The number of para-hydroxylation sites is 1. The number of hydrogen-bond donors (Lipinski definition) is 0. The third-order valence-corrected chi connectivity index (χ3v) is 5.60. The summed E-state index contributed by atoms with van der Waals surface area (Å²) in [4.78, 5) is 30.0. The number of amides is 2.